The number of pyridine rings is 1. The lowest BCUT2D eigenvalue weighted by Gasteiger charge is -2.33. The summed E-state index contributed by atoms with van der Waals surface area (Å²) >= 11 is 0. The van der Waals surface area contributed by atoms with E-state index in [1.807, 2.05) is 18.5 Å². The second kappa shape index (κ2) is 7.40. The molecule has 5 nitrogen and oxygen atoms in total. The van der Waals surface area contributed by atoms with Gasteiger partial charge in [-0.2, -0.15) is 0 Å². The van der Waals surface area contributed by atoms with E-state index in [-0.39, 0.29) is 0 Å². The highest BCUT2D eigenvalue weighted by molar-refractivity contribution is 5.47. The Hall–Kier alpha value is -1.88. The molecule has 1 aliphatic carbocycles. The maximum absolute atomic E-state index is 4.63. The van der Waals surface area contributed by atoms with Crippen LogP contribution in [0.4, 0.5) is 5.82 Å². The van der Waals surface area contributed by atoms with Gasteiger partial charge in [-0.25, -0.2) is 9.97 Å². The van der Waals surface area contributed by atoms with Crippen molar-refractivity contribution in [1.29, 1.82) is 0 Å². The number of aromatic amines is 1. The van der Waals surface area contributed by atoms with Crippen molar-refractivity contribution in [2.24, 2.45) is 0 Å². The number of hydrogen-bond acceptors (Lipinski definition) is 4. The molecule has 2 aromatic rings. The molecule has 0 spiro atoms. The van der Waals surface area contributed by atoms with Gasteiger partial charge in [0.25, 0.3) is 0 Å². The summed E-state index contributed by atoms with van der Waals surface area (Å²) in [5, 5.41) is 3.44. The molecule has 0 bridgehead atoms. The van der Waals surface area contributed by atoms with Crippen LogP contribution in [0.3, 0.4) is 0 Å². The Bertz CT molecular complexity index is 560. The molecule has 0 radical (unpaired) electrons. The number of nitrogens with zero attached hydrogens (tertiary/aromatic N) is 3. The maximum atomic E-state index is 4.63. The van der Waals surface area contributed by atoms with Crippen molar-refractivity contribution in [2.45, 2.75) is 51.2 Å². The molecule has 2 aromatic heterocycles. The summed E-state index contributed by atoms with van der Waals surface area (Å²) in [5.41, 5.74) is 1.25. The molecular weight excluding hydrogens is 274 g/mol. The molecule has 118 valence electrons. The maximum Gasteiger partial charge on any atom is 0.132 e. The molecule has 0 atom stereocenters. The molecule has 0 unspecified atom stereocenters. The van der Waals surface area contributed by atoms with E-state index in [0.29, 0.717) is 6.04 Å². The second-order valence-corrected chi connectivity index (χ2v) is 6.03. The number of H-pyrrole nitrogens is 1. The predicted molar refractivity (Wildman–Crippen MR) is 88.6 cm³/mol. The summed E-state index contributed by atoms with van der Waals surface area (Å²) in [5.74, 6) is 2.08. The van der Waals surface area contributed by atoms with E-state index >= 15 is 0 Å². The first-order valence-electron chi connectivity index (χ1n) is 8.20. The Morgan fingerprint density at radius 2 is 2.05 bits per heavy atom. The lowest BCUT2D eigenvalue weighted by molar-refractivity contribution is 0.425. The minimum Gasteiger partial charge on any atom is -0.356 e. The van der Waals surface area contributed by atoms with Crippen molar-refractivity contribution in [3.63, 3.8) is 0 Å². The van der Waals surface area contributed by atoms with E-state index in [4.69, 9.17) is 0 Å². The zero-order valence-corrected chi connectivity index (χ0v) is 13.3. The van der Waals surface area contributed by atoms with Crippen LogP contribution in [0.15, 0.2) is 30.7 Å². The Balaban J connectivity index is 1.63. The highest BCUT2D eigenvalue weighted by atomic mass is 15.2. The van der Waals surface area contributed by atoms with Crippen LogP contribution in [-0.4, -0.2) is 28.0 Å². The number of anilines is 1. The van der Waals surface area contributed by atoms with Gasteiger partial charge in [-0.1, -0.05) is 25.3 Å². The van der Waals surface area contributed by atoms with Crippen LogP contribution < -0.4 is 10.2 Å². The number of aromatic nitrogens is 3. The minimum atomic E-state index is 0.632. The molecule has 5 heteroatoms. The SMILES string of the molecule is CN(c1ncccc1CNCc1ncc[nH]1)C1CCCCC1. The largest absolute Gasteiger partial charge is 0.356 e. The molecule has 0 aromatic carbocycles. The van der Waals surface area contributed by atoms with Crippen LogP contribution in [0.5, 0.6) is 0 Å². The highest BCUT2D eigenvalue weighted by Crippen LogP contribution is 2.26. The number of rotatable bonds is 6. The molecule has 1 saturated carbocycles. The van der Waals surface area contributed by atoms with Gasteiger partial charge in [0.2, 0.25) is 0 Å². The van der Waals surface area contributed by atoms with Gasteiger partial charge in [0, 0.05) is 43.8 Å². The first-order valence-corrected chi connectivity index (χ1v) is 8.20. The Morgan fingerprint density at radius 3 is 2.82 bits per heavy atom. The summed E-state index contributed by atoms with van der Waals surface area (Å²) in [6, 6.07) is 4.81. The fraction of sp³-hybridized carbons (Fsp3) is 0.529. The molecule has 1 fully saturated rings. The van der Waals surface area contributed by atoms with Crippen LogP contribution in [0.2, 0.25) is 0 Å². The normalized spacial score (nSPS) is 15.9. The molecule has 22 heavy (non-hydrogen) atoms. The van der Waals surface area contributed by atoms with E-state index in [1.54, 1.807) is 6.20 Å². The van der Waals surface area contributed by atoms with E-state index < -0.39 is 0 Å². The predicted octanol–water partition coefficient (Wildman–Crippen LogP) is 2.86. The van der Waals surface area contributed by atoms with Crippen molar-refractivity contribution < 1.29 is 0 Å². The highest BCUT2D eigenvalue weighted by Gasteiger charge is 2.20. The molecule has 0 aliphatic heterocycles. The van der Waals surface area contributed by atoms with Crippen LogP contribution in [0.25, 0.3) is 0 Å². The average molecular weight is 299 g/mol. The molecule has 3 rings (SSSR count). The van der Waals surface area contributed by atoms with Gasteiger partial charge in [0.15, 0.2) is 0 Å². The lowest BCUT2D eigenvalue weighted by atomic mass is 9.94. The third-order valence-corrected chi connectivity index (χ3v) is 4.49. The standard InChI is InChI=1S/C17H25N5/c1-22(15-7-3-2-4-8-15)17-14(6-5-9-21-17)12-18-13-16-19-10-11-20-16/h5-6,9-11,15,18H,2-4,7-8,12-13H2,1H3,(H,19,20). The molecule has 1 aliphatic rings. The lowest BCUT2D eigenvalue weighted by Crippen LogP contribution is -2.35. The van der Waals surface area contributed by atoms with E-state index in [2.05, 4.69) is 38.3 Å². The number of hydrogen-bond donors (Lipinski definition) is 2. The Morgan fingerprint density at radius 1 is 1.18 bits per heavy atom. The monoisotopic (exact) mass is 299 g/mol. The van der Waals surface area contributed by atoms with Gasteiger partial charge in [-0.05, 0) is 18.9 Å². The smallest absolute Gasteiger partial charge is 0.132 e. The Kier molecular flexibility index (Phi) is 5.06. The van der Waals surface area contributed by atoms with E-state index in [1.165, 1.54) is 37.7 Å². The number of nitrogens with one attached hydrogen (secondary N) is 2. The molecular formula is C17H25N5. The molecule has 2 heterocycles. The fourth-order valence-electron chi connectivity index (χ4n) is 3.24. The molecule has 0 amide bonds. The van der Waals surface area contributed by atoms with Crippen LogP contribution in [-0.2, 0) is 13.1 Å². The Labute approximate surface area is 132 Å². The number of imidazole rings is 1. The first kappa shape index (κ1) is 15.0. The summed E-state index contributed by atoms with van der Waals surface area (Å²) in [7, 11) is 2.19. The van der Waals surface area contributed by atoms with Crippen molar-refractivity contribution in [3.8, 4) is 0 Å². The average Bonchev–Trinajstić information content (AvgIpc) is 3.09. The zero-order valence-electron chi connectivity index (χ0n) is 13.3. The van der Waals surface area contributed by atoms with Gasteiger partial charge in [-0.3, -0.25) is 0 Å². The van der Waals surface area contributed by atoms with Crippen LogP contribution in [0.1, 0.15) is 43.5 Å². The van der Waals surface area contributed by atoms with Crippen molar-refractivity contribution >= 4 is 5.82 Å². The molecule has 0 saturated heterocycles. The van der Waals surface area contributed by atoms with Gasteiger partial charge < -0.3 is 15.2 Å². The van der Waals surface area contributed by atoms with E-state index in [0.717, 1.165) is 24.7 Å². The van der Waals surface area contributed by atoms with Gasteiger partial charge in [-0.15, -0.1) is 0 Å². The first-order chi connectivity index (χ1) is 10.8. The topological polar surface area (TPSA) is 56.8 Å². The summed E-state index contributed by atoms with van der Waals surface area (Å²) in [4.78, 5) is 14.4. The summed E-state index contributed by atoms with van der Waals surface area (Å²) in [6.07, 6.45) is 12.2. The van der Waals surface area contributed by atoms with Crippen molar-refractivity contribution in [1.82, 2.24) is 20.3 Å². The summed E-state index contributed by atoms with van der Waals surface area (Å²) in [6.45, 7) is 1.55. The minimum absolute atomic E-state index is 0.632. The molecule has 2 N–H and O–H groups in total. The van der Waals surface area contributed by atoms with Gasteiger partial charge in [0.1, 0.15) is 11.6 Å². The van der Waals surface area contributed by atoms with Gasteiger partial charge in [0.05, 0.1) is 6.54 Å². The van der Waals surface area contributed by atoms with Crippen LogP contribution >= 0.6 is 0 Å². The third-order valence-electron chi connectivity index (χ3n) is 4.49. The fourth-order valence-corrected chi connectivity index (χ4v) is 3.24. The van der Waals surface area contributed by atoms with Crippen molar-refractivity contribution in [3.05, 3.63) is 42.1 Å². The zero-order chi connectivity index (χ0) is 15.2. The van der Waals surface area contributed by atoms with Crippen molar-refractivity contribution in [2.75, 3.05) is 11.9 Å². The summed E-state index contributed by atoms with van der Waals surface area (Å²) < 4.78 is 0. The second-order valence-electron chi connectivity index (χ2n) is 6.03. The van der Waals surface area contributed by atoms with Crippen LogP contribution in [0, 0.1) is 0 Å². The quantitative estimate of drug-likeness (QED) is 0.861. The van der Waals surface area contributed by atoms with E-state index in [9.17, 15) is 0 Å². The third kappa shape index (κ3) is 3.65. The van der Waals surface area contributed by atoms with Gasteiger partial charge >= 0.3 is 0 Å².